The van der Waals surface area contributed by atoms with Gasteiger partial charge in [0, 0.05) is 51.7 Å². The van der Waals surface area contributed by atoms with E-state index in [0.717, 1.165) is 21.4 Å². The molecule has 0 radical (unpaired) electrons. The number of aromatic nitrogens is 4. The van der Waals surface area contributed by atoms with Crippen LogP contribution in [0, 0.1) is 6.92 Å². The molecular weight excluding hydrogens is 450 g/mol. The fourth-order valence-electron chi connectivity index (χ4n) is 3.27. The van der Waals surface area contributed by atoms with E-state index in [4.69, 9.17) is 0 Å². The van der Waals surface area contributed by atoms with E-state index in [1.807, 2.05) is 43.3 Å². The highest BCUT2D eigenvalue weighted by molar-refractivity contribution is 7.18. The summed E-state index contributed by atoms with van der Waals surface area (Å²) in [5.74, 6) is 1.79. The van der Waals surface area contributed by atoms with Crippen molar-refractivity contribution in [2.45, 2.75) is 32.7 Å². The summed E-state index contributed by atoms with van der Waals surface area (Å²) in [6, 6.07) is 5.27. The van der Waals surface area contributed by atoms with E-state index in [0.29, 0.717) is 31.0 Å². The van der Waals surface area contributed by atoms with Crippen LogP contribution in [0.4, 0.5) is 16.8 Å². The summed E-state index contributed by atoms with van der Waals surface area (Å²) in [4.78, 5) is 46.1. The van der Waals surface area contributed by atoms with Gasteiger partial charge in [-0.1, -0.05) is 17.9 Å². The molecule has 0 spiro atoms. The maximum atomic E-state index is 12.4. The lowest BCUT2D eigenvalue weighted by molar-refractivity contribution is -0.134. The monoisotopic (exact) mass is 479 g/mol. The molecule has 10 heteroatoms. The van der Waals surface area contributed by atoms with Crippen LogP contribution in [-0.2, 0) is 9.59 Å². The van der Waals surface area contributed by atoms with Crippen LogP contribution in [-0.4, -0.2) is 63.2 Å². The third-order valence-corrected chi connectivity index (χ3v) is 6.37. The Balaban J connectivity index is 1.59. The molecule has 1 N–H and O–H groups in total. The van der Waals surface area contributed by atoms with Gasteiger partial charge in [0.05, 0.1) is 10.9 Å². The van der Waals surface area contributed by atoms with Gasteiger partial charge in [0.25, 0.3) is 0 Å². The average Bonchev–Trinajstić information content (AvgIpc) is 3.31. The van der Waals surface area contributed by atoms with Crippen LogP contribution >= 0.6 is 11.3 Å². The Morgan fingerprint density at radius 3 is 2.68 bits per heavy atom. The fourth-order valence-corrected chi connectivity index (χ4v) is 4.10. The summed E-state index contributed by atoms with van der Waals surface area (Å²) in [5, 5.41) is 4.00. The number of hydrogen-bond acceptors (Lipinski definition) is 9. The number of rotatable bonds is 11. The summed E-state index contributed by atoms with van der Waals surface area (Å²) >= 11 is 1.53. The average molecular weight is 480 g/mol. The Morgan fingerprint density at radius 2 is 1.97 bits per heavy atom. The summed E-state index contributed by atoms with van der Waals surface area (Å²) in [6.07, 6.45) is 7.56. The number of amides is 1. The van der Waals surface area contributed by atoms with Crippen LogP contribution in [0.5, 0.6) is 0 Å². The largest absolute Gasteiger partial charge is 0.359 e. The number of likely N-dealkylation sites (N-methyl/N-ethyl adjacent to an activating group) is 1. The molecule has 34 heavy (non-hydrogen) atoms. The van der Waals surface area contributed by atoms with E-state index < -0.39 is 6.04 Å². The second kappa shape index (κ2) is 11.5. The molecular formula is C24H29N7O2S. The second-order valence-electron chi connectivity index (χ2n) is 7.87. The van der Waals surface area contributed by atoms with Crippen molar-refractivity contribution in [3.05, 3.63) is 55.3 Å². The van der Waals surface area contributed by atoms with Gasteiger partial charge in [-0.05, 0) is 44.0 Å². The molecule has 3 rings (SSSR count). The lowest BCUT2D eigenvalue weighted by Gasteiger charge is -2.23. The van der Waals surface area contributed by atoms with Gasteiger partial charge in [0.2, 0.25) is 5.91 Å². The molecule has 1 amide bonds. The minimum absolute atomic E-state index is 0.0149. The quantitative estimate of drug-likeness (QED) is 0.414. The molecule has 178 valence electrons. The van der Waals surface area contributed by atoms with Gasteiger partial charge in [0.1, 0.15) is 17.5 Å². The van der Waals surface area contributed by atoms with Crippen molar-refractivity contribution in [1.82, 2.24) is 24.8 Å². The molecule has 3 heterocycles. The minimum atomic E-state index is -0.483. The molecule has 0 saturated carbocycles. The highest BCUT2D eigenvalue weighted by atomic mass is 32.1. The normalized spacial score (nSPS) is 11.5. The summed E-state index contributed by atoms with van der Waals surface area (Å²) in [6.45, 7) is 7.67. The van der Waals surface area contributed by atoms with Gasteiger partial charge in [0.15, 0.2) is 10.9 Å². The number of nitrogens with zero attached hydrogens (tertiary/aromatic N) is 6. The molecule has 0 aliphatic carbocycles. The smallest absolute Gasteiger partial charge is 0.246 e. The van der Waals surface area contributed by atoms with Crippen LogP contribution in [0.25, 0.3) is 10.4 Å². The van der Waals surface area contributed by atoms with Crippen LogP contribution in [0.2, 0.25) is 0 Å². The number of thiazole rings is 1. The first-order valence-corrected chi connectivity index (χ1v) is 11.7. The van der Waals surface area contributed by atoms with Gasteiger partial charge in [-0.15, -0.1) is 0 Å². The first-order chi connectivity index (χ1) is 16.3. The van der Waals surface area contributed by atoms with Gasteiger partial charge in [-0.3, -0.25) is 14.6 Å². The molecule has 0 fully saturated rings. The van der Waals surface area contributed by atoms with Crippen molar-refractivity contribution in [1.29, 1.82) is 0 Å². The Bertz CT molecular complexity index is 1150. The van der Waals surface area contributed by atoms with Crippen LogP contribution in [0.3, 0.4) is 0 Å². The number of nitrogens with one attached hydrogen (secondary N) is 1. The van der Waals surface area contributed by atoms with Crippen LogP contribution in [0.15, 0.2) is 49.4 Å². The number of aryl methyl sites for hydroxylation is 1. The van der Waals surface area contributed by atoms with E-state index in [1.54, 1.807) is 26.4 Å². The Labute approximate surface area is 203 Å². The van der Waals surface area contributed by atoms with Crippen molar-refractivity contribution in [3.63, 3.8) is 0 Å². The third kappa shape index (κ3) is 6.44. The Hall–Kier alpha value is -3.66. The topological polar surface area (TPSA) is 104 Å². The number of ketones is 1. The molecule has 3 aromatic heterocycles. The summed E-state index contributed by atoms with van der Waals surface area (Å²) < 4.78 is 0. The van der Waals surface area contributed by atoms with Gasteiger partial charge >= 0.3 is 0 Å². The Kier molecular flexibility index (Phi) is 8.42. The lowest BCUT2D eigenvalue weighted by atomic mass is 10.1. The first kappa shape index (κ1) is 25.0. The van der Waals surface area contributed by atoms with Crippen molar-refractivity contribution < 1.29 is 9.59 Å². The summed E-state index contributed by atoms with van der Waals surface area (Å²) in [7, 11) is 3.54. The molecule has 1 atom stereocenters. The zero-order valence-corrected chi connectivity index (χ0v) is 20.7. The molecule has 0 unspecified atom stereocenters. The number of anilines is 3. The molecule has 0 bridgehead atoms. The molecule has 0 aliphatic rings. The third-order valence-electron chi connectivity index (χ3n) is 5.41. The standard InChI is InChI=1S/C24H29N7O2S/c1-6-23(33)31(5)16(2)19(32)8-7-13-30(4)22-14-21(27-17(3)28-22)29-24-26-15-20(34-24)18-9-11-25-12-10-18/h6,9-12,14-16H,1,7-8,13H2,2-5H3,(H,26,27,28,29)/t16-/m0/s1. The lowest BCUT2D eigenvalue weighted by Crippen LogP contribution is -2.39. The number of carbonyl (C=O) groups is 2. The van der Waals surface area contributed by atoms with Crippen LogP contribution < -0.4 is 10.2 Å². The number of hydrogen-bond donors (Lipinski definition) is 1. The number of Topliss-reactive ketones (excluding diaryl/α,β-unsaturated/α-hetero) is 1. The predicted molar refractivity (Wildman–Crippen MR) is 135 cm³/mol. The van der Waals surface area contributed by atoms with E-state index in [2.05, 4.69) is 31.8 Å². The van der Waals surface area contributed by atoms with E-state index in [9.17, 15) is 9.59 Å². The molecule has 9 nitrogen and oxygen atoms in total. The van der Waals surface area contributed by atoms with E-state index in [-0.39, 0.29) is 11.7 Å². The van der Waals surface area contributed by atoms with Crippen LogP contribution in [0.1, 0.15) is 25.6 Å². The predicted octanol–water partition coefficient (Wildman–Crippen LogP) is 3.87. The number of pyridine rings is 1. The highest BCUT2D eigenvalue weighted by Gasteiger charge is 2.20. The fraction of sp³-hybridized carbons (Fsp3) is 0.333. The molecule has 0 aromatic carbocycles. The second-order valence-corrected chi connectivity index (χ2v) is 8.90. The maximum absolute atomic E-state index is 12.4. The molecule has 0 aliphatic heterocycles. The van der Waals surface area contributed by atoms with Crippen molar-refractivity contribution >= 4 is 39.8 Å². The minimum Gasteiger partial charge on any atom is -0.359 e. The Morgan fingerprint density at radius 1 is 1.24 bits per heavy atom. The zero-order valence-electron chi connectivity index (χ0n) is 19.9. The van der Waals surface area contributed by atoms with Gasteiger partial charge in [-0.2, -0.15) is 0 Å². The van der Waals surface area contributed by atoms with E-state index in [1.165, 1.54) is 22.3 Å². The maximum Gasteiger partial charge on any atom is 0.246 e. The number of carbonyl (C=O) groups excluding carboxylic acids is 2. The SMILES string of the molecule is C=CC(=O)N(C)[C@@H](C)C(=O)CCCN(C)c1cc(Nc2ncc(-c3ccncc3)s2)nc(C)n1. The molecule has 3 aromatic rings. The van der Waals surface area contributed by atoms with Gasteiger partial charge < -0.3 is 15.1 Å². The van der Waals surface area contributed by atoms with E-state index >= 15 is 0 Å². The van der Waals surface area contributed by atoms with Crippen molar-refractivity contribution in [3.8, 4) is 10.4 Å². The first-order valence-electron chi connectivity index (χ1n) is 10.9. The van der Waals surface area contributed by atoms with Crippen molar-refractivity contribution in [2.24, 2.45) is 0 Å². The van der Waals surface area contributed by atoms with Gasteiger partial charge in [-0.25, -0.2) is 15.0 Å². The summed E-state index contributed by atoms with van der Waals surface area (Å²) in [5.41, 5.74) is 1.06. The zero-order chi connectivity index (χ0) is 24.7. The molecule has 0 saturated heterocycles. The highest BCUT2D eigenvalue weighted by Crippen LogP contribution is 2.30. The van der Waals surface area contributed by atoms with Crippen molar-refractivity contribution in [2.75, 3.05) is 30.9 Å².